The van der Waals surface area contributed by atoms with Gasteiger partial charge in [0, 0.05) is 139 Å². The molecule has 4 amide bonds. The van der Waals surface area contributed by atoms with Crippen molar-refractivity contribution in [3.63, 3.8) is 0 Å². The Bertz CT molecular complexity index is 5400. The van der Waals surface area contributed by atoms with Gasteiger partial charge in [0.2, 0.25) is 0 Å². The normalized spacial score (nSPS) is 14.1. The Hall–Kier alpha value is -12.7. The molecule has 0 aliphatic carbocycles. The van der Waals surface area contributed by atoms with Crippen molar-refractivity contribution in [1.29, 1.82) is 0 Å². The SMILES string of the molecule is CNc1cc(Nc2ccc(C(=O)N3CCOCC3)cc2OC)n2ncc(Cl)c2n1.CNc1cc(Nc2ccc(C(=O)N3CCOCC3)cc2OC)n2nccc2n1.CNc1cc(Nc2ccc(C(=O)N3CCOCC3)cc2OC)nc2c(Cl)cnn12.CNc1cc(Nc2ccc(C(=O)N3CCOCC3)cc2OC)nc2ccnn12. The molecule has 4 saturated heterocycles. The number of benzene rings is 4. The van der Waals surface area contributed by atoms with Crippen LogP contribution in [0.1, 0.15) is 41.4 Å². The number of carbonyl (C=O) groups is 4. The van der Waals surface area contributed by atoms with Crippen LogP contribution in [-0.2, 0) is 18.9 Å². The number of nitrogens with zero attached hydrogens (tertiary/aromatic N) is 16. The lowest BCUT2D eigenvalue weighted by molar-refractivity contribution is 0.0301. The van der Waals surface area contributed by atoms with Gasteiger partial charge >= 0.3 is 0 Å². The van der Waals surface area contributed by atoms with Gasteiger partial charge in [-0.15, -0.1) is 0 Å². The van der Waals surface area contributed by atoms with Gasteiger partial charge in [-0.25, -0.2) is 19.9 Å². The Balaban J connectivity index is 0.000000133. The number of halogens is 2. The molecule has 4 aliphatic rings. The molecule has 12 heterocycles. The van der Waals surface area contributed by atoms with Crippen molar-refractivity contribution in [3.05, 3.63) is 166 Å². The number of aromatic nitrogens is 12. The average molecular weight is 1600 g/mol. The first kappa shape index (κ1) is 79.3. The summed E-state index contributed by atoms with van der Waals surface area (Å²) in [4.78, 5) is 76.0. The zero-order chi connectivity index (χ0) is 79.8. The summed E-state index contributed by atoms with van der Waals surface area (Å²) in [6.07, 6.45) is 6.46. The van der Waals surface area contributed by atoms with E-state index in [1.807, 2.05) is 68.7 Å². The summed E-state index contributed by atoms with van der Waals surface area (Å²) in [5.41, 5.74) is 7.59. The molecule has 38 heteroatoms. The van der Waals surface area contributed by atoms with Crippen LogP contribution in [0.25, 0.3) is 22.6 Å². The van der Waals surface area contributed by atoms with E-state index in [1.165, 1.54) is 6.20 Å². The highest BCUT2D eigenvalue weighted by molar-refractivity contribution is 6.33. The second-order valence-corrected chi connectivity index (χ2v) is 26.4. The fourth-order valence-electron chi connectivity index (χ4n) is 12.7. The first-order chi connectivity index (χ1) is 55.6. The molecule has 4 aliphatic heterocycles. The summed E-state index contributed by atoms with van der Waals surface area (Å²) < 4.78 is 50.0. The van der Waals surface area contributed by atoms with Crippen LogP contribution in [0.15, 0.2) is 134 Å². The third kappa shape index (κ3) is 18.2. The van der Waals surface area contributed by atoms with Crippen molar-refractivity contribution < 1.29 is 57.1 Å². The van der Waals surface area contributed by atoms with Crippen LogP contribution in [-0.4, -0.2) is 263 Å². The second kappa shape index (κ2) is 37.1. The van der Waals surface area contributed by atoms with Gasteiger partial charge in [0.1, 0.15) is 79.6 Å². The van der Waals surface area contributed by atoms with Crippen molar-refractivity contribution >= 4 is 139 Å². The van der Waals surface area contributed by atoms with Crippen LogP contribution in [0.2, 0.25) is 10.0 Å². The maximum Gasteiger partial charge on any atom is 0.254 e. The van der Waals surface area contributed by atoms with Gasteiger partial charge in [0.25, 0.3) is 23.6 Å². The maximum absolute atomic E-state index is 12.7. The molecule has 8 N–H and O–H groups in total. The zero-order valence-corrected chi connectivity index (χ0v) is 65.3. The molecular weight excluding hydrogens is 1510 g/mol. The van der Waals surface area contributed by atoms with E-state index in [1.54, 1.807) is 153 Å². The Morgan fingerprint density at radius 2 is 0.632 bits per heavy atom. The van der Waals surface area contributed by atoms with Gasteiger partial charge < -0.3 is 100 Å². The van der Waals surface area contributed by atoms with Crippen LogP contribution in [0, 0.1) is 0 Å². The lowest BCUT2D eigenvalue weighted by atomic mass is 10.1. The number of anilines is 12. The van der Waals surface area contributed by atoms with Crippen molar-refractivity contribution in [2.75, 3.05) is 204 Å². The fourth-order valence-corrected chi connectivity index (χ4v) is 13.0. The highest BCUT2D eigenvalue weighted by Gasteiger charge is 2.26. The quantitative estimate of drug-likeness (QED) is 0.0352. The predicted octanol–water partition coefficient (Wildman–Crippen LogP) is 9.29. The fraction of sp³-hybridized carbons (Fsp3) is 0.316. The van der Waals surface area contributed by atoms with Crippen molar-refractivity contribution in [3.8, 4) is 23.0 Å². The molecule has 4 aromatic carbocycles. The van der Waals surface area contributed by atoms with E-state index >= 15 is 0 Å². The van der Waals surface area contributed by atoms with E-state index in [4.69, 9.17) is 61.1 Å². The Morgan fingerprint density at radius 1 is 0.342 bits per heavy atom. The molecule has 36 nitrogen and oxygen atoms in total. The van der Waals surface area contributed by atoms with E-state index in [9.17, 15) is 19.2 Å². The van der Waals surface area contributed by atoms with E-state index in [2.05, 4.69) is 82.9 Å². The Kier molecular flexibility index (Phi) is 25.8. The number of methoxy groups -OCH3 is 4. The molecule has 12 aromatic rings. The number of nitrogens with one attached hydrogen (secondary N) is 8. The van der Waals surface area contributed by atoms with Gasteiger partial charge in [0.15, 0.2) is 22.6 Å². The van der Waals surface area contributed by atoms with Crippen molar-refractivity contribution in [2.24, 2.45) is 0 Å². The maximum atomic E-state index is 12.7. The highest BCUT2D eigenvalue weighted by atomic mass is 35.5. The lowest BCUT2D eigenvalue weighted by Crippen LogP contribution is -2.40. The van der Waals surface area contributed by atoms with E-state index < -0.39 is 0 Å². The number of hydrogen-bond donors (Lipinski definition) is 8. The monoisotopic (exact) mass is 1600 g/mol. The van der Waals surface area contributed by atoms with Crippen LogP contribution in [0.3, 0.4) is 0 Å². The van der Waals surface area contributed by atoms with Crippen LogP contribution in [0.5, 0.6) is 23.0 Å². The molecule has 0 bridgehead atoms. The van der Waals surface area contributed by atoms with Crippen molar-refractivity contribution in [2.45, 2.75) is 0 Å². The third-order valence-electron chi connectivity index (χ3n) is 18.6. The van der Waals surface area contributed by atoms with Crippen LogP contribution in [0.4, 0.5) is 69.3 Å². The number of hydrogen-bond acceptors (Lipinski definition) is 28. The Morgan fingerprint density at radius 3 is 0.982 bits per heavy atom. The van der Waals surface area contributed by atoms with E-state index in [0.717, 1.165) is 28.8 Å². The molecule has 0 unspecified atom stereocenters. The standard InChI is InChI=1S/2C19H21ClN6O3.2C19H22N6O3/c1-21-17-10-16(24-18-13(20)11-22-26(17)18)23-14-4-3-12(9-15(14)28-2)19(27)25-5-7-29-8-6-25;1-21-16-10-17(26-18(24-16)13(20)11-22-26)23-14-4-3-12(9-15(14)28-2)19(27)25-5-7-29-8-6-25;1-20-18-12-16(23-17-5-6-21-25(17)18)22-14-4-3-13(11-15(14)27-2)19(26)24-7-9-28-10-8-24;1-20-16-12-18(25-17(23-16)5-6-21-25)22-14-4-3-13(11-15(14)27-2)19(26)24-7-9-28-10-8-24/h3-4,9-11,21H,5-8H2,1-2H3,(H,23,24);3-4,9-11,23H,5-8H2,1-2H3,(H,21,24);3-6,11-12,20H,7-10H2,1-2H3,(H,22,23);3-6,11-12,22H,7-10H2,1-2H3,(H,20,23). The molecule has 4 fully saturated rings. The smallest absolute Gasteiger partial charge is 0.254 e. The van der Waals surface area contributed by atoms with Gasteiger partial charge in [-0.05, 0) is 72.8 Å². The largest absolute Gasteiger partial charge is 0.495 e. The van der Waals surface area contributed by atoms with E-state index in [-0.39, 0.29) is 23.6 Å². The van der Waals surface area contributed by atoms with Gasteiger partial charge in [-0.2, -0.15) is 38.5 Å². The number of rotatable bonds is 20. The van der Waals surface area contributed by atoms with Gasteiger partial charge in [-0.3, -0.25) is 19.2 Å². The number of carbonyl (C=O) groups excluding carboxylic acids is 4. The van der Waals surface area contributed by atoms with E-state index in [0.29, 0.717) is 224 Å². The summed E-state index contributed by atoms with van der Waals surface area (Å²) in [7, 11) is 13.5. The summed E-state index contributed by atoms with van der Waals surface area (Å²) in [5.74, 6) is 7.55. The molecule has 0 radical (unpaired) electrons. The average Bonchev–Trinajstić information content (AvgIpc) is 1.66. The number of morpholine rings is 4. The number of amides is 4. The minimum absolute atomic E-state index is 0.0237. The molecular formula is C76H86Cl2N24O12. The van der Waals surface area contributed by atoms with Gasteiger partial charge in [0.05, 0.1) is 129 Å². The molecule has 8 aromatic heterocycles. The summed E-state index contributed by atoms with van der Waals surface area (Å²) in [5, 5.41) is 43.2. The lowest BCUT2D eigenvalue weighted by Gasteiger charge is -2.27. The second-order valence-electron chi connectivity index (χ2n) is 25.5. The zero-order valence-electron chi connectivity index (χ0n) is 63.8. The third-order valence-corrected chi connectivity index (χ3v) is 19.2. The number of ether oxygens (including phenoxy) is 8. The first-order valence-corrected chi connectivity index (χ1v) is 37.1. The van der Waals surface area contributed by atoms with Crippen LogP contribution < -0.4 is 61.5 Å². The number of fused-ring (bicyclic) bond motifs is 4. The predicted molar refractivity (Wildman–Crippen MR) is 432 cm³/mol. The summed E-state index contributed by atoms with van der Waals surface area (Å²) in [6.45, 7) is 9.25. The molecule has 16 rings (SSSR count). The summed E-state index contributed by atoms with van der Waals surface area (Å²) in [6, 6.07) is 32.3. The van der Waals surface area contributed by atoms with Crippen molar-refractivity contribution in [1.82, 2.24) is 78.0 Å². The Labute approximate surface area is 664 Å². The summed E-state index contributed by atoms with van der Waals surface area (Å²) >= 11 is 12.4. The molecule has 0 spiro atoms. The van der Waals surface area contributed by atoms with Crippen LogP contribution >= 0.6 is 23.2 Å². The topological polar surface area (TPSA) is 372 Å². The molecule has 596 valence electrons. The molecule has 0 saturated carbocycles. The minimum atomic E-state index is -0.0409. The first-order valence-electron chi connectivity index (χ1n) is 36.4. The van der Waals surface area contributed by atoms with Gasteiger partial charge in [-0.1, -0.05) is 23.2 Å². The molecule has 0 atom stereocenters. The highest BCUT2D eigenvalue weighted by Crippen LogP contribution is 2.36. The minimum Gasteiger partial charge on any atom is -0.495 e. The molecule has 114 heavy (non-hydrogen) atoms.